The van der Waals surface area contributed by atoms with E-state index in [-0.39, 0.29) is 21.5 Å². The molecule has 2 N–H and O–H groups in total. The zero-order valence-electron chi connectivity index (χ0n) is 11.6. The van der Waals surface area contributed by atoms with E-state index in [4.69, 9.17) is 9.52 Å². The van der Waals surface area contributed by atoms with E-state index in [1.807, 2.05) is 0 Å². The van der Waals surface area contributed by atoms with Crippen LogP contribution in [0.15, 0.2) is 14.7 Å². The molecule has 21 heavy (non-hydrogen) atoms. The second-order valence-corrected chi connectivity index (χ2v) is 7.50. The Kier molecular flexibility index (Phi) is 4.17. The van der Waals surface area contributed by atoms with Crippen LogP contribution in [0, 0.1) is 20.8 Å². The predicted octanol–water partition coefficient (Wildman–Crippen LogP) is 1.84. The van der Waals surface area contributed by atoms with Crippen LogP contribution < -0.4 is 4.72 Å². The maximum absolute atomic E-state index is 12.1. The van der Waals surface area contributed by atoms with Gasteiger partial charge < -0.3 is 9.52 Å². The van der Waals surface area contributed by atoms with E-state index >= 15 is 0 Å². The third-order valence-corrected chi connectivity index (χ3v) is 5.94. The summed E-state index contributed by atoms with van der Waals surface area (Å²) < 4.78 is 31.8. The van der Waals surface area contributed by atoms with Gasteiger partial charge in [-0.1, -0.05) is 0 Å². The fraction of sp³-hybridized carbons (Fsp3) is 0.333. The molecule has 2 aromatic rings. The number of hydrogen-bond acceptors (Lipinski definition) is 6. The Balaban J connectivity index is 2.18. The highest BCUT2D eigenvalue weighted by Gasteiger charge is 2.22. The van der Waals surface area contributed by atoms with Crippen molar-refractivity contribution >= 4 is 27.3 Å². The monoisotopic (exact) mass is 330 g/mol. The molecule has 0 aliphatic heterocycles. The number of carboxylic acid groups (broad SMARTS) is 1. The summed E-state index contributed by atoms with van der Waals surface area (Å²) in [6.45, 7) is 4.97. The molecule has 7 nitrogen and oxygen atoms in total. The summed E-state index contributed by atoms with van der Waals surface area (Å²) in [6.07, 6.45) is 0. The van der Waals surface area contributed by atoms with Crippen LogP contribution in [0.4, 0.5) is 0 Å². The molecule has 114 valence electrons. The SMILES string of the molecule is Cc1cc(S(=O)(=O)NCc2nc(C)c(C)o2)sc1C(=O)O. The van der Waals surface area contributed by atoms with Crippen molar-refractivity contribution in [3.8, 4) is 0 Å². The van der Waals surface area contributed by atoms with Gasteiger partial charge in [0.1, 0.15) is 14.8 Å². The van der Waals surface area contributed by atoms with Crippen LogP contribution in [0.1, 0.15) is 32.6 Å². The Morgan fingerprint density at radius 2 is 2.10 bits per heavy atom. The molecule has 0 atom stereocenters. The Bertz CT molecular complexity index is 769. The molecule has 0 aromatic carbocycles. The van der Waals surface area contributed by atoms with Gasteiger partial charge in [-0.05, 0) is 32.4 Å². The molecule has 2 aromatic heterocycles. The number of aryl methyl sites for hydroxylation is 3. The van der Waals surface area contributed by atoms with Gasteiger partial charge in [-0.2, -0.15) is 0 Å². The van der Waals surface area contributed by atoms with Crippen LogP contribution in [0.5, 0.6) is 0 Å². The molecule has 0 saturated heterocycles. The Morgan fingerprint density at radius 1 is 1.43 bits per heavy atom. The van der Waals surface area contributed by atoms with Gasteiger partial charge in [0.25, 0.3) is 10.0 Å². The number of thiophene rings is 1. The highest BCUT2D eigenvalue weighted by molar-refractivity contribution is 7.91. The van der Waals surface area contributed by atoms with E-state index in [1.165, 1.54) is 6.07 Å². The van der Waals surface area contributed by atoms with E-state index in [0.717, 1.165) is 11.3 Å². The van der Waals surface area contributed by atoms with E-state index in [9.17, 15) is 13.2 Å². The highest BCUT2D eigenvalue weighted by Crippen LogP contribution is 2.26. The minimum absolute atomic E-state index is 0.0122. The number of sulfonamides is 1. The van der Waals surface area contributed by atoms with Gasteiger partial charge in [-0.25, -0.2) is 22.9 Å². The van der Waals surface area contributed by atoms with Crippen molar-refractivity contribution in [3.05, 3.63) is 33.9 Å². The van der Waals surface area contributed by atoms with Crippen LogP contribution in [0.3, 0.4) is 0 Å². The summed E-state index contributed by atoms with van der Waals surface area (Å²) in [5.74, 6) is -0.248. The van der Waals surface area contributed by atoms with Crippen LogP contribution in [-0.2, 0) is 16.6 Å². The molecule has 0 aliphatic rings. The molecule has 2 rings (SSSR count). The fourth-order valence-corrected chi connectivity index (χ4v) is 4.04. The number of rotatable bonds is 5. The summed E-state index contributed by atoms with van der Waals surface area (Å²) in [5.41, 5.74) is 1.11. The average Bonchev–Trinajstić information content (AvgIpc) is 2.92. The average molecular weight is 330 g/mol. The molecule has 9 heteroatoms. The number of oxazole rings is 1. The quantitative estimate of drug-likeness (QED) is 0.865. The van der Waals surface area contributed by atoms with Gasteiger partial charge in [0, 0.05) is 0 Å². The van der Waals surface area contributed by atoms with Gasteiger partial charge in [0.05, 0.1) is 12.2 Å². The van der Waals surface area contributed by atoms with Gasteiger partial charge >= 0.3 is 5.97 Å². The summed E-state index contributed by atoms with van der Waals surface area (Å²) in [4.78, 5) is 15.0. The van der Waals surface area contributed by atoms with E-state index < -0.39 is 16.0 Å². The van der Waals surface area contributed by atoms with Crippen molar-refractivity contribution in [2.45, 2.75) is 31.5 Å². The second-order valence-electron chi connectivity index (χ2n) is 4.46. The highest BCUT2D eigenvalue weighted by atomic mass is 32.2. The molecule has 0 radical (unpaired) electrons. The van der Waals surface area contributed by atoms with Crippen molar-refractivity contribution in [1.29, 1.82) is 0 Å². The lowest BCUT2D eigenvalue weighted by atomic mass is 10.3. The summed E-state index contributed by atoms with van der Waals surface area (Å²) in [6, 6.07) is 1.34. The summed E-state index contributed by atoms with van der Waals surface area (Å²) >= 11 is 0.717. The number of carbonyl (C=O) groups is 1. The maximum Gasteiger partial charge on any atom is 0.346 e. The first-order valence-electron chi connectivity index (χ1n) is 5.97. The van der Waals surface area contributed by atoms with Crippen molar-refractivity contribution < 1.29 is 22.7 Å². The normalized spacial score (nSPS) is 11.8. The van der Waals surface area contributed by atoms with Crippen LogP contribution in [-0.4, -0.2) is 24.5 Å². The second kappa shape index (κ2) is 5.58. The topological polar surface area (TPSA) is 110 Å². The molecular formula is C12H14N2O5S2. The zero-order valence-corrected chi connectivity index (χ0v) is 13.3. The first-order chi connectivity index (χ1) is 9.70. The Morgan fingerprint density at radius 3 is 2.57 bits per heavy atom. The standard InChI is InChI=1S/C12H14N2O5S2/c1-6-4-10(20-11(6)12(15)16)21(17,18)13-5-9-14-7(2)8(3)19-9/h4,13H,5H2,1-3H3,(H,15,16). The first-order valence-corrected chi connectivity index (χ1v) is 8.27. The summed E-state index contributed by atoms with van der Waals surface area (Å²) in [7, 11) is -3.79. The van der Waals surface area contributed by atoms with Gasteiger partial charge in [-0.15, -0.1) is 11.3 Å². The third kappa shape index (κ3) is 3.31. The molecular weight excluding hydrogens is 316 g/mol. The maximum atomic E-state index is 12.1. The Hall–Kier alpha value is -1.71. The van der Waals surface area contributed by atoms with Crippen LogP contribution in [0.2, 0.25) is 0 Å². The lowest BCUT2D eigenvalue weighted by Crippen LogP contribution is -2.22. The van der Waals surface area contributed by atoms with Gasteiger partial charge in [-0.3, -0.25) is 0 Å². The van der Waals surface area contributed by atoms with Crippen molar-refractivity contribution in [3.63, 3.8) is 0 Å². The molecule has 0 spiro atoms. The van der Waals surface area contributed by atoms with E-state index in [0.29, 0.717) is 17.0 Å². The molecule has 0 saturated carbocycles. The van der Waals surface area contributed by atoms with E-state index in [1.54, 1.807) is 20.8 Å². The van der Waals surface area contributed by atoms with Crippen LogP contribution in [0.25, 0.3) is 0 Å². The number of hydrogen-bond donors (Lipinski definition) is 2. The van der Waals surface area contributed by atoms with E-state index in [2.05, 4.69) is 9.71 Å². The predicted molar refractivity (Wildman–Crippen MR) is 76.0 cm³/mol. The van der Waals surface area contributed by atoms with Gasteiger partial charge in [0.2, 0.25) is 5.89 Å². The third-order valence-electron chi connectivity index (χ3n) is 2.84. The number of nitrogens with zero attached hydrogens (tertiary/aromatic N) is 1. The number of nitrogens with one attached hydrogen (secondary N) is 1. The minimum Gasteiger partial charge on any atom is -0.477 e. The molecule has 2 heterocycles. The van der Waals surface area contributed by atoms with Crippen molar-refractivity contribution in [2.24, 2.45) is 0 Å². The fourth-order valence-electron chi connectivity index (χ4n) is 1.64. The first kappa shape index (κ1) is 15.7. The smallest absolute Gasteiger partial charge is 0.346 e. The lowest BCUT2D eigenvalue weighted by Gasteiger charge is -2.01. The van der Waals surface area contributed by atoms with Crippen molar-refractivity contribution in [2.75, 3.05) is 0 Å². The molecule has 0 bridgehead atoms. The number of aromatic nitrogens is 1. The molecule has 0 unspecified atom stereocenters. The summed E-state index contributed by atoms with van der Waals surface area (Å²) in [5, 5.41) is 8.96. The zero-order chi connectivity index (χ0) is 15.8. The number of aromatic carboxylic acids is 1. The minimum atomic E-state index is -3.79. The van der Waals surface area contributed by atoms with Crippen LogP contribution >= 0.6 is 11.3 Å². The molecule has 0 fully saturated rings. The Labute approximate surface area is 125 Å². The number of carboxylic acids is 1. The molecule has 0 amide bonds. The largest absolute Gasteiger partial charge is 0.477 e. The van der Waals surface area contributed by atoms with Crippen molar-refractivity contribution in [1.82, 2.24) is 9.71 Å². The molecule has 0 aliphatic carbocycles. The van der Waals surface area contributed by atoms with Gasteiger partial charge in [0.15, 0.2) is 0 Å². The lowest BCUT2D eigenvalue weighted by molar-refractivity contribution is 0.0701.